The maximum absolute atomic E-state index is 3.47. The summed E-state index contributed by atoms with van der Waals surface area (Å²) in [4.78, 5) is 5.50. The van der Waals surface area contributed by atoms with Gasteiger partial charge in [-0.2, -0.15) is 0 Å². The van der Waals surface area contributed by atoms with Crippen molar-refractivity contribution < 1.29 is 17.4 Å². The first-order valence-electron chi connectivity index (χ1n) is 12.6. The summed E-state index contributed by atoms with van der Waals surface area (Å²) in [5.41, 5.74) is 9.50. The molecule has 0 radical (unpaired) electrons. The zero-order valence-corrected chi connectivity index (χ0v) is 26.0. The van der Waals surface area contributed by atoms with Crippen LogP contribution in [0.3, 0.4) is 0 Å². The van der Waals surface area contributed by atoms with Gasteiger partial charge in [-0.1, -0.05) is 0 Å². The molecule has 0 saturated carbocycles. The molecule has 2 atom stereocenters. The van der Waals surface area contributed by atoms with Gasteiger partial charge in [0, 0.05) is 0 Å². The predicted octanol–water partition coefficient (Wildman–Crippen LogP) is 6.55. The average Bonchev–Trinajstić information content (AvgIpc) is 3.57. The van der Waals surface area contributed by atoms with Gasteiger partial charge in [-0.15, -0.1) is 24.8 Å². The summed E-state index contributed by atoms with van der Waals surface area (Å²) in [5, 5.41) is 0. The first-order valence-corrected chi connectivity index (χ1v) is 26.3. The molecule has 2 aromatic carbocycles. The summed E-state index contributed by atoms with van der Waals surface area (Å²) in [6.45, 7) is 7.43. The van der Waals surface area contributed by atoms with Gasteiger partial charge in [0.25, 0.3) is 0 Å². The van der Waals surface area contributed by atoms with Gasteiger partial charge in [-0.05, 0) is 0 Å². The van der Waals surface area contributed by atoms with Crippen molar-refractivity contribution in [1.82, 2.24) is 9.80 Å². The Kier molecular flexibility index (Phi) is 7.40. The SMILES string of the molecule is Cl.Cl.[CH3][Zr]([CH3])(=[SiH2])([CH]1C(N2CCCC2)=Cc2ccccc21)[CH]1C(N2CCCC2)=Cc2ccccc21. The molecule has 0 aromatic heterocycles. The summed E-state index contributed by atoms with van der Waals surface area (Å²) in [6, 6.07) is 18.6. The second kappa shape index (κ2) is 9.58. The van der Waals surface area contributed by atoms with Gasteiger partial charge in [0.2, 0.25) is 0 Å². The van der Waals surface area contributed by atoms with E-state index in [4.69, 9.17) is 0 Å². The van der Waals surface area contributed by atoms with Crippen LogP contribution >= 0.6 is 24.8 Å². The molecule has 2 aliphatic carbocycles. The van der Waals surface area contributed by atoms with Crippen molar-refractivity contribution in [2.45, 2.75) is 42.2 Å². The molecule has 2 unspecified atom stereocenters. The molecule has 6 heteroatoms. The zero-order valence-electron chi connectivity index (χ0n) is 20.5. The number of fused-ring (bicyclic) bond motifs is 2. The van der Waals surface area contributed by atoms with Gasteiger partial charge in [-0.3, -0.25) is 0 Å². The Hall–Kier alpha value is -0.800. The van der Waals surface area contributed by atoms with Crippen molar-refractivity contribution in [3.8, 4) is 0 Å². The summed E-state index contributed by atoms with van der Waals surface area (Å²) in [6.07, 6.45) is 10.5. The molecular formula is C28H38Cl2N2SiZr. The third kappa shape index (κ3) is 4.11. The third-order valence-electron chi connectivity index (χ3n) is 8.65. The number of hydrogen-bond donors (Lipinski definition) is 0. The molecule has 182 valence electrons. The monoisotopic (exact) mass is 590 g/mol. The van der Waals surface area contributed by atoms with Gasteiger partial charge in [0.1, 0.15) is 0 Å². The van der Waals surface area contributed by atoms with Crippen molar-refractivity contribution in [3.63, 3.8) is 0 Å². The van der Waals surface area contributed by atoms with Crippen LogP contribution in [0.1, 0.15) is 55.2 Å². The summed E-state index contributed by atoms with van der Waals surface area (Å²) >= 11 is -3.47. The van der Waals surface area contributed by atoms with Crippen LogP contribution in [0.4, 0.5) is 0 Å². The van der Waals surface area contributed by atoms with Gasteiger partial charge in [0.05, 0.1) is 0 Å². The number of halogens is 2. The van der Waals surface area contributed by atoms with E-state index in [1.165, 1.54) is 63.0 Å². The fourth-order valence-electron chi connectivity index (χ4n) is 7.27. The van der Waals surface area contributed by atoms with Gasteiger partial charge in [0.15, 0.2) is 0 Å². The quantitative estimate of drug-likeness (QED) is 0.372. The Labute approximate surface area is 220 Å². The summed E-state index contributed by atoms with van der Waals surface area (Å²) < 4.78 is 6.78. The van der Waals surface area contributed by atoms with Gasteiger partial charge >= 0.3 is 197 Å². The van der Waals surface area contributed by atoms with Gasteiger partial charge < -0.3 is 0 Å². The maximum atomic E-state index is 2.78. The van der Waals surface area contributed by atoms with E-state index in [9.17, 15) is 0 Å². The Bertz CT molecular complexity index is 1110. The van der Waals surface area contributed by atoms with E-state index >= 15 is 0 Å². The Morgan fingerprint density at radius 3 is 1.38 bits per heavy atom. The van der Waals surface area contributed by atoms with Crippen molar-refractivity contribution in [1.29, 1.82) is 0 Å². The van der Waals surface area contributed by atoms with E-state index in [1.54, 1.807) is 22.5 Å². The molecular weight excluding hydrogens is 555 g/mol. The summed E-state index contributed by atoms with van der Waals surface area (Å²) in [7, 11) is 0. The van der Waals surface area contributed by atoms with E-state index in [0.29, 0.717) is 7.25 Å². The molecule has 2 heterocycles. The van der Waals surface area contributed by atoms with E-state index in [1.807, 2.05) is 0 Å². The third-order valence-corrected chi connectivity index (χ3v) is 25.8. The van der Waals surface area contributed by atoms with Crippen LogP contribution in [-0.2, 0) is 17.4 Å². The van der Waals surface area contributed by atoms with E-state index in [-0.39, 0.29) is 24.8 Å². The van der Waals surface area contributed by atoms with Gasteiger partial charge in [-0.25, -0.2) is 0 Å². The molecule has 2 aromatic rings. The number of hydrogen-bond acceptors (Lipinski definition) is 2. The van der Waals surface area contributed by atoms with Crippen LogP contribution < -0.4 is 0 Å². The molecule has 2 nitrogen and oxygen atoms in total. The Morgan fingerprint density at radius 2 is 1.00 bits per heavy atom. The minimum atomic E-state index is -3.47. The standard InChI is InChI=1S/2C13H14N.2CH3.2ClH.H2Si.Zr/c2*1-2-6-12-10-13(9-11(12)5-1)14-7-3-4-8-14;;;;;;/h2*1-2,5-6,9-10H,3-4,7-8H2;2*1H3;2*1H;1H2;. The molecule has 2 fully saturated rings. The molecule has 34 heavy (non-hydrogen) atoms. The molecule has 0 amide bonds. The van der Waals surface area contributed by atoms with Crippen molar-refractivity contribution in [3.05, 3.63) is 82.2 Å². The van der Waals surface area contributed by atoms with Crippen LogP contribution in [0.5, 0.6) is 0 Å². The average molecular weight is 593 g/mol. The predicted molar refractivity (Wildman–Crippen MR) is 151 cm³/mol. The number of allylic oxidation sites excluding steroid dienone is 2. The van der Waals surface area contributed by atoms with Crippen molar-refractivity contribution in [2.24, 2.45) is 0 Å². The number of rotatable bonds is 4. The molecule has 4 aliphatic rings. The van der Waals surface area contributed by atoms with Crippen LogP contribution in [-0.4, -0.2) is 42.9 Å². The van der Waals surface area contributed by atoms with Crippen molar-refractivity contribution >= 4 is 43.8 Å². The number of nitrogens with zero attached hydrogens (tertiary/aromatic N) is 2. The number of benzene rings is 2. The first kappa shape index (κ1) is 26.3. The Morgan fingerprint density at radius 1 is 0.647 bits per heavy atom. The molecule has 0 bridgehead atoms. The van der Waals surface area contributed by atoms with Crippen molar-refractivity contribution in [2.75, 3.05) is 26.2 Å². The molecule has 6 rings (SSSR count). The zero-order chi connectivity index (χ0) is 21.9. The normalized spacial score (nSPS) is 23.6. The second-order valence-electron chi connectivity index (χ2n) is 11.6. The second-order valence-corrected chi connectivity index (χ2v) is 42.1. The number of likely N-dealkylation sites (tertiary alicyclic amines) is 2. The fourth-order valence-corrected chi connectivity index (χ4v) is 25.6. The first-order chi connectivity index (χ1) is 15.4. The van der Waals surface area contributed by atoms with Crippen LogP contribution in [0.2, 0.25) is 9.26 Å². The summed E-state index contributed by atoms with van der Waals surface area (Å²) in [5.74, 6) is 0. The van der Waals surface area contributed by atoms with E-state index < -0.39 is 17.4 Å². The topological polar surface area (TPSA) is 6.48 Å². The van der Waals surface area contributed by atoms with Crippen LogP contribution in [0.15, 0.2) is 59.9 Å². The molecule has 2 saturated heterocycles. The molecule has 2 aliphatic heterocycles. The van der Waals surface area contributed by atoms with Crippen LogP contribution in [0, 0.1) is 0 Å². The fraction of sp³-hybridized carbons (Fsp3) is 0.429. The van der Waals surface area contributed by atoms with Crippen LogP contribution in [0.25, 0.3) is 12.2 Å². The Balaban J connectivity index is 0.00000137. The molecule has 0 N–H and O–H groups in total. The minimum absolute atomic E-state index is 0. The molecule has 0 spiro atoms. The van der Waals surface area contributed by atoms with E-state index in [0.717, 1.165) is 0 Å². The van der Waals surface area contributed by atoms with E-state index in [2.05, 4.69) is 86.6 Å².